The molecule has 1 N–H and O–H groups in total. The SMILES string of the molecule is Cc1nc2c(CC(F)(F)F)cccc2[nH]1. The van der Waals surface area contributed by atoms with E-state index in [1.165, 1.54) is 6.07 Å². The number of aryl methyl sites for hydroxylation is 1. The summed E-state index contributed by atoms with van der Waals surface area (Å²) in [5.41, 5.74) is 1.27. The highest BCUT2D eigenvalue weighted by Crippen LogP contribution is 2.25. The van der Waals surface area contributed by atoms with Gasteiger partial charge in [-0.15, -0.1) is 0 Å². The van der Waals surface area contributed by atoms with Crippen LogP contribution in [-0.4, -0.2) is 16.1 Å². The standard InChI is InChI=1S/C10H9F3N2/c1-6-14-8-4-2-3-7(9(8)15-6)5-10(11,12)13/h2-4H,5H2,1H3,(H,14,15). The molecule has 0 atom stereocenters. The van der Waals surface area contributed by atoms with Crippen LogP contribution in [0.5, 0.6) is 0 Å². The van der Waals surface area contributed by atoms with Crippen molar-refractivity contribution < 1.29 is 13.2 Å². The van der Waals surface area contributed by atoms with Crippen molar-refractivity contribution in [2.24, 2.45) is 0 Å². The molecule has 0 aliphatic carbocycles. The second kappa shape index (κ2) is 3.25. The molecule has 5 heteroatoms. The number of halogens is 3. The first-order chi connectivity index (χ1) is 6.96. The number of imidazole rings is 1. The lowest BCUT2D eigenvalue weighted by molar-refractivity contribution is -0.127. The van der Waals surface area contributed by atoms with Crippen molar-refractivity contribution in [3.05, 3.63) is 29.6 Å². The maximum atomic E-state index is 12.2. The maximum absolute atomic E-state index is 12.2. The predicted octanol–water partition coefficient (Wildman–Crippen LogP) is 2.98. The Bertz CT molecular complexity index is 485. The molecule has 2 rings (SSSR count). The Balaban J connectivity index is 2.51. The van der Waals surface area contributed by atoms with Crippen molar-refractivity contribution >= 4 is 11.0 Å². The van der Waals surface area contributed by atoms with Gasteiger partial charge in [-0.05, 0) is 18.6 Å². The number of H-pyrrole nitrogens is 1. The zero-order valence-corrected chi connectivity index (χ0v) is 8.02. The Morgan fingerprint density at radius 2 is 2.07 bits per heavy atom. The molecule has 2 aromatic rings. The molecule has 0 aliphatic rings. The molecule has 1 aromatic carbocycles. The summed E-state index contributed by atoms with van der Waals surface area (Å²) in [5, 5.41) is 0. The van der Waals surface area contributed by atoms with E-state index in [4.69, 9.17) is 0 Å². The van der Waals surface area contributed by atoms with Gasteiger partial charge in [0.2, 0.25) is 0 Å². The number of hydrogen-bond acceptors (Lipinski definition) is 1. The Morgan fingerprint density at radius 3 is 2.73 bits per heavy atom. The van der Waals surface area contributed by atoms with Gasteiger partial charge in [0.05, 0.1) is 17.5 Å². The lowest BCUT2D eigenvalue weighted by atomic mass is 10.1. The molecule has 0 saturated heterocycles. The van der Waals surface area contributed by atoms with E-state index in [1.54, 1.807) is 19.1 Å². The molecule has 0 bridgehead atoms. The maximum Gasteiger partial charge on any atom is 0.393 e. The van der Waals surface area contributed by atoms with Crippen LogP contribution in [0.3, 0.4) is 0 Å². The smallest absolute Gasteiger partial charge is 0.342 e. The molecule has 80 valence electrons. The Hall–Kier alpha value is -1.52. The highest BCUT2D eigenvalue weighted by molar-refractivity contribution is 5.78. The Labute approximate surface area is 84.1 Å². The van der Waals surface area contributed by atoms with Crippen molar-refractivity contribution in [2.45, 2.75) is 19.5 Å². The highest BCUT2D eigenvalue weighted by Gasteiger charge is 2.28. The second-order valence-corrected chi connectivity index (χ2v) is 3.43. The minimum Gasteiger partial charge on any atom is -0.342 e. The van der Waals surface area contributed by atoms with Crippen LogP contribution < -0.4 is 0 Å². The normalized spacial score (nSPS) is 12.3. The number of aromatic amines is 1. The molecule has 0 spiro atoms. The van der Waals surface area contributed by atoms with Gasteiger partial charge >= 0.3 is 6.18 Å². The minimum absolute atomic E-state index is 0.212. The summed E-state index contributed by atoms with van der Waals surface area (Å²) in [6, 6.07) is 4.77. The average molecular weight is 214 g/mol. The number of nitrogens with one attached hydrogen (secondary N) is 1. The number of para-hydroxylation sites is 1. The summed E-state index contributed by atoms with van der Waals surface area (Å²) in [6.45, 7) is 1.72. The van der Waals surface area contributed by atoms with Gasteiger partial charge in [0, 0.05) is 0 Å². The summed E-state index contributed by atoms with van der Waals surface area (Å²) in [4.78, 5) is 6.95. The quantitative estimate of drug-likeness (QED) is 0.776. The summed E-state index contributed by atoms with van der Waals surface area (Å²) in [7, 11) is 0. The number of rotatable bonds is 1. The number of aromatic nitrogens is 2. The van der Waals surface area contributed by atoms with Gasteiger partial charge < -0.3 is 4.98 Å². The molecule has 1 aromatic heterocycles. The average Bonchev–Trinajstić information content (AvgIpc) is 2.43. The molecule has 0 radical (unpaired) electrons. The van der Waals surface area contributed by atoms with Gasteiger partial charge in [0.25, 0.3) is 0 Å². The molecule has 0 saturated carbocycles. The van der Waals surface area contributed by atoms with E-state index in [2.05, 4.69) is 9.97 Å². The molecule has 0 amide bonds. The second-order valence-electron chi connectivity index (χ2n) is 3.43. The minimum atomic E-state index is -4.19. The van der Waals surface area contributed by atoms with Gasteiger partial charge in [-0.1, -0.05) is 12.1 Å². The van der Waals surface area contributed by atoms with E-state index >= 15 is 0 Å². The highest BCUT2D eigenvalue weighted by atomic mass is 19.4. The van der Waals surface area contributed by atoms with Gasteiger partial charge in [0.1, 0.15) is 5.82 Å². The van der Waals surface area contributed by atoms with Crippen molar-refractivity contribution in [1.82, 2.24) is 9.97 Å². The zero-order chi connectivity index (χ0) is 11.1. The van der Waals surface area contributed by atoms with Crippen LogP contribution in [0.1, 0.15) is 11.4 Å². The fourth-order valence-electron chi connectivity index (χ4n) is 1.57. The monoisotopic (exact) mass is 214 g/mol. The van der Waals surface area contributed by atoms with E-state index in [0.29, 0.717) is 16.9 Å². The third-order valence-corrected chi connectivity index (χ3v) is 2.11. The van der Waals surface area contributed by atoms with Gasteiger partial charge in [0.15, 0.2) is 0 Å². The third kappa shape index (κ3) is 2.11. The van der Waals surface area contributed by atoms with Crippen LogP contribution in [-0.2, 0) is 6.42 Å². The molecular weight excluding hydrogens is 205 g/mol. The molecular formula is C10H9F3N2. The lowest BCUT2D eigenvalue weighted by Gasteiger charge is -2.06. The Kier molecular flexibility index (Phi) is 2.17. The van der Waals surface area contributed by atoms with Crippen LogP contribution in [0.25, 0.3) is 11.0 Å². The molecule has 0 fully saturated rings. The number of fused-ring (bicyclic) bond motifs is 1. The molecule has 1 heterocycles. The van der Waals surface area contributed by atoms with Crippen molar-refractivity contribution in [3.63, 3.8) is 0 Å². The summed E-state index contributed by atoms with van der Waals surface area (Å²) in [6.07, 6.45) is -5.13. The third-order valence-electron chi connectivity index (χ3n) is 2.11. The summed E-state index contributed by atoms with van der Waals surface area (Å²) >= 11 is 0. The first-order valence-electron chi connectivity index (χ1n) is 4.47. The topological polar surface area (TPSA) is 28.7 Å². The van der Waals surface area contributed by atoms with E-state index in [0.717, 1.165) is 0 Å². The lowest BCUT2D eigenvalue weighted by Crippen LogP contribution is -2.11. The van der Waals surface area contributed by atoms with Crippen LogP contribution in [0, 0.1) is 6.92 Å². The number of hydrogen-bond donors (Lipinski definition) is 1. The fraction of sp³-hybridized carbons (Fsp3) is 0.300. The van der Waals surface area contributed by atoms with E-state index in [-0.39, 0.29) is 5.56 Å². The number of benzene rings is 1. The Morgan fingerprint density at radius 1 is 1.33 bits per heavy atom. The molecule has 15 heavy (non-hydrogen) atoms. The van der Waals surface area contributed by atoms with E-state index in [1.807, 2.05) is 0 Å². The molecule has 0 aliphatic heterocycles. The predicted molar refractivity (Wildman–Crippen MR) is 50.6 cm³/mol. The van der Waals surface area contributed by atoms with Crippen molar-refractivity contribution in [1.29, 1.82) is 0 Å². The van der Waals surface area contributed by atoms with Gasteiger partial charge in [-0.25, -0.2) is 4.98 Å². The fourth-order valence-corrected chi connectivity index (χ4v) is 1.57. The van der Waals surface area contributed by atoms with Crippen LogP contribution >= 0.6 is 0 Å². The first-order valence-corrected chi connectivity index (χ1v) is 4.47. The largest absolute Gasteiger partial charge is 0.393 e. The van der Waals surface area contributed by atoms with Crippen LogP contribution in [0.15, 0.2) is 18.2 Å². The van der Waals surface area contributed by atoms with E-state index in [9.17, 15) is 13.2 Å². The molecule has 0 unspecified atom stereocenters. The molecule has 2 nitrogen and oxygen atoms in total. The summed E-state index contributed by atoms with van der Waals surface area (Å²) < 4.78 is 36.7. The van der Waals surface area contributed by atoms with Crippen LogP contribution in [0.4, 0.5) is 13.2 Å². The van der Waals surface area contributed by atoms with Crippen LogP contribution in [0.2, 0.25) is 0 Å². The first kappa shape index (κ1) is 10.0. The summed E-state index contributed by atoms with van der Waals surface area (Å²) in [5.74, 6) is 0.625. The number of nitrogens with zero attached hydrogens (tertiary/aromatic N) is 1. The van der Waals surface area contributed by atoms with Gasteiger partial charge in [-0.3, -0.25) is 0 Å². The van der Waals surface area contributed by atoms with Gasteiger partial charge in [-0.2, -0.15) is 13.2 Å². The van der Waals surface area contributed by atoms with Crippen molar-refractivity contribution in [2.75, 3.05) is 0 Å². The van der Waals surface area contributed by atoms with Crippen molar-refractivity contribution in [3.8, 4) is 0 Å². The van der Waals surface area contributed by atoms with E-state index < -0.39 is 12.6 Å². The zero-order valence-electron chi connectivity index (χ0n) is 8.02. The number of alkyl halides is 3.